The van der Waals surface area contributed by atoms with Gasteiger partial charge in [0.05, 0.1) is 17.6 Å². The molecule has 4 aromatic rings. The number of benzene rings is 3. The van der Waals surface area contributed by atoms with Gasteiger partial charge in [-0.25, -0.2) is 4.39 Å². The Morgan fingerprint density at radius 2 is 1.74 bits per heavy atom. The second-order valence-electron chi connectivity index (χ2n) is 6.89. The Bertz CT molecular complexity index is 1440. The number of hydrogen-bond donors (Lipinski definition) is 2. The normalized spacial score (nSPS) is 12.0. The molecule has 0 amide bonds. The highest BCUT2D eigenvalue weighted by Gasteiger charge is 2.18. The molecule has 0 aliphatic rings. The van der Waals surface area contributed by atoms with E-state index in [1.807, 2.05) is 6.92 Å². The van der Waals surface area contributed by atoms with Crippen molar-refractivity contribution in [3.63, 3.8) is 0 Å². The van der Waals surface area contributed by atoms with E-state index in [4.69, 9.17) is 5.73 Å². The Morgan fingerprint density at radius 1 is 1.00 bits per heavy atom. The Hall–Kier alpha value is -3.69. The van der Waals surface area contributed by atoms with Crippen LogP contribution >= 0.6 is 0 Å². The lowest BCUT2D eigenvalue weighted by Crippen LogP contribution is -2.01. The highest BCUT2D eigenvalue weighted by Crippen LogP contribution is 2.36. The smallest absolute Gasteiger partial charge is 0.295 e. The minimum Gasteiger partial charge on any atom is -0.396 e. The van der Waals surface area contributed by atoms with Crippen LogP contribution in [0.5, 0.6) is 0 Å². The van der Waals surface area contributed by atoms with Gasteiger partial charge in [-0.3, -0.25) is 9.54 Å². The van der Waals surface area contributed by atoms with E-state index in [9.17, 15) is 17.4 Å². The molecule has 1 aromatic heterocycles. The van der Waals surface area contributed by atoms with E-state index < -0.39 is 10.1 Å². The molecule has 0 saturated heterocycles. The largest absolute Gasteiger partial charge is 0.396 e. The van der Waals surface area contributed by atoms with Gasteiger partial charge >= 0.3 is 0 Å². The van der Waals surface area contributed by atoms with Crippen molar-refractivity contribution in [2.75, 3.05) is 5.73 Å². The molecule has 0 fully saturated rings. The van der Waals surface area contributed by atoms with Gasteiger partial charge in [0.1, 0.15) is 22.1 Å². The van der Waals surface area contributed by atoms with Crippen LogP contribution in [0.1, 0.15) is 5.56 Å². The predicted molar refractivity (Wildman–Crippen MR) is 117 cm³/mol. The van der Waals surface area contributed by atoms with Crippen molar-refractivity contribution in [2.45, 2.75) is 11.8 Å². The molecule has 31 heavy (non-hydrogen) atoms. The molecule has 156 valence electrons. The first-order chi connectivity index (χ1) is 14.7. The van der Waals surface area contributed by atoms with Gasteiger partial charge in [-0.1, -0.05) is 30.3 Å². The van der Waals surface area contributed by atoms with Crippen LogP contribution in [-0.2, 0) is 10.1 Å². The number of halogens is 1. The van der Waals surface area contributed by atoms with Crippen molar-refractivity contribution in [2.24, 2.45) is 10.2 Å². The summed E-state index contributed by atoms with van der Waals surface area (Å²) in [5.41, 5.74) is 8.98. The maximum atomic E-state index is 13.6. The standard InChI is InChI=1S/C22H17FN4O3S/c1-13-6-7-14(23)10-18(13)19-9-8-15(12-25-19)26-27-20-11-21(31(28,29)30)16-4-2-3-5-17(16)22(20)24/h2-12H,24H2,1H3,(H,28,29,30)/b27-26+. The van der Waals surface area contributed by atoms with Gasteiger partial charge in [0, 0.05) is 16.3 Å². The molecule has 0 bridgehead atoms. The van der Waals surface area contributed by atoms with E-state index in [1.54, 1.807) is 42.5 Å². The highest BCUT2D eigenvalue weighted by molar-refractivity contribution is 7.86. The van der Waals surface area contributed by atoms with E-state index >= 15 is 0 Å². The molecule has 0 aliphatic heterocycles. The summed E-state index contributed by atoms with van der Waals surface area (Å²) in [5.74, 6) is -0.354. The lowest BCUT2D eigenvalue weighted by molar-refractivity contribution is 0.484. The third-order valence-electron chi connectivity index (χ3n) is 4.80. The molecule has 9 heteroatoms. The first-order valence-corrected chi connectivity index (χ1v) is 10.6. The maximum Gasteiger partial charge on any atom is 0.295 e. The third-order valence-corrected chi connectivity index (χ3v) is 5.69. The number of azo groups is 1. The second kappa shape index (κ2) is 7.86. The summed E-state index contributed by atoms with van der Waals surface area (Å²) in [7, 11) is -4.50. The fraction of sp³-hybridized carbons (Fsp3) is 0.0455. The number of hydrogen-bond acceptors (Lipinski definition) is 6. The van der Waals surface area contributed by atoms with Gasteiger partial charge < -0.3 is 5.73 Å². The SMILES string of the molecule is Cc1ccc(F)cc1-c1ccc(/N=N/c2cc(S(=O)(=O)O)c3ccccc3c2N)cn1. The van der Waals surface area contributed by atoms with Crippen molar-refractivity contribution >= 4 is 38.0 Å². The van der Waals surface area contributed by atoms with Gasteiger partial charge in [-0.2, -0.15) is 8.42 Å². The van der Waals surface area contributed by atoms with Crippen molar-refractivity contribution in [1.82, 2.24) is 4.98 Å². The molecule has 1 heterocycles. The quantitative estimate of drug-likeness (QED) is 0.245. The molecule has 0 unspecified atom stereocenters. The number of rotatable bonds is 4. The van der Waals surface area contributed by atoms with Crippen LogP contribution in [0.4, 0.5) is 21.5 Å². The van der Waals surface area contributed by atoms with Crippen LogP contribution in [0.3, 0.4) is 0 Å². The summed E-state index contributed by atoms with van der Waals surface area (Å²) < 4.78 is 46.8. The number of nitrogen functional groups attached to an aromatic ring is 1. The van der Waals surface area contributed by atoms with Crippen LogP contribution in [0.2, 0.25) is 0 Å². The maximum absolute atomic E-state index is 13.6. The zero-order chi connectivity index (χ0) is 22.2. The molecule has 0 aliphatic carbocycles. The number of nitrogens with two attached hydrogens (primary N) is 1. The van der Waals surface area contributed by atoms with E-state index in [0.29, 0.717) is 22.3 Å². The predicted octanol–water partition coefficient (Wildman–Crippen LogP) is 5.59. The lowest BCUT2D eigenvalue weighted by Gasteiger charge is -2.09. The summed E-state index contributed by atoms with van der Waals surface area (Å²) in [4.78, 5) is 4.00. The number of pyridine rings is 1. The van der Waals surface area contributed by atoms with Gasteiger partial charge in [-0.05, 0) is 42.8 Å². The summed E-state index contributed by atoms with van der Waals surface area (Å²) >= 11 is 0. The molecule has 0 spiro atoms. The topological polar surface area (TPSA) is 118 Å². The molecule has 3 N–H and O–H groups in total. The van der Waals surface area contributed by atoms with Crippen LogP contribution in [-0.4, -0.2) is 18.0 Å². The number of nitrogens with zero attached hydrogens (tertiary/aromatic N) is 3. The minimum atomic E-state index is -4.50. The van der Waals surface area contributed by atoms with Crippen LogP contribution < -0.4 is 5.73 Å². The van der Waals surface area contributed by atoms with Gasteiger partial charge in [0.25, 0.3) is 10.1 Å². The van der Waals surface area contributed by atoms with Gasteiger partial charge in [0.15, 0.2) is 0 Å². The van der Waals surface area contributed by atoms with E-state index in [0.717, 1.165) is 5.56 Å². The second-order valence-corrected chi connectivity index (χ2v) is 8.28. The fourth-order valence-electron chi connectivity index (χ4n) is 3.23. The summed E-state index contributed by atoms with van der Waals surface area (Å²) in [6.45, 7) is 1.86. The average Bonchev–Trinajstić information content (AvgIpc) is 2.75. The van der Waals surface area contributed by atoms with Gasteiger partial charge in [-0.15, -0.1) is 10.2 Å². The zero-order valence-corrected chi connectivity index (χ0v) is 17.1. The number of aryl methyl sites for hydroxylation is 1. The molecule has 7 nitrogen and oxygen atoms in total. The first-order valence-electron chi connectivity index (χ1n) is 9.17. The third kappa shape index (κ3) is 4.14. The van der Waals surface area contributed by atoms with Crippen molar-refractivity contribution in [1.29, 1.82) is 0 Å². The van der Waals surface area contributed by atoms with E-state index in [-0.39, 0.29) is 27.5 Å². The van der Waals surface area contributed by atoms with Crippen molar-refractivity contribution in [3.05, 3.63) is 78.2 Å². The summed E-state index contributed by atoms with van der Waals surface area (Å²) in [6.07, 6.45) is 1.46. The highest BCUT2D eigenvalue weighted by atomic mass is 32.2. The Labute approximate surface area is 177 Å². The van der Waals surface area contributed by atoms with E-state index in [2.05, 4.69) is 15.2 Å². The van der Waals surface area contributed by atoms with Crippen LogP contribution in [0, 0.1) is 12.7 Å². The van der Waals surface area contributed by atoms with Crippen LogP contribution in [0.15, 0.2) is 82.0 Å². The first kappa shape index (κ1) is 20.6. The lowest BCUT2D eigenvalue weighted by atomic mass is 10.1. The Morgan fingerprint density at radius 3 is 2.42 bits per heavy atom. The van der Waals surface area contributed by atoms with Crippen molar-refractivity contribution < 1.29 is 17.4 Å². The molecule has 3 aromatic carbocycles. The average molecular weight is 436 g/mol. The molecule has 0 radical (unpaired) electrons. The number of aromatic nitrogens is 1. The Balaban J connectivity index is 1.72. The molecule has 0 saturated carbocycles. The van der Waals surface area contributed by atoms with Crippen LogP contribution in [0.25, 0.3) is 22.0 Å². The van der Waals surface area contributed by atoms with Crippen molar-refractivity contribution in [3.8, 4) is 11.3 Å². The molecular weight excluding hydrogens is 419 g/mol. The fourth-order valence-corrected chi connectivity index (χ4v) is 3.95. The summed E-state index contributed by atoms with van der Waals surface area (Å²) in [5, 5.41) is 8.85. The molecule has 0 atom stereocenters. The summed E-state index contributed by atoms with van der Waals surface area (Å²) in [6, 6.07) is 15.5. The zero-order valence-electron chi connectivity index (χ0n) is 16.3. The number of anilines is 1. The minimum absolute atomic E-state index is 0.0939. The van der Waals surface area contributed by atoms with Gasteiger partial charge in [0.2, 0.25) is 0 Å². The molecule has 4 rings (SSSR count). The Kier molecular flexibility index (Phi) is 5.22. The molecular formula is C22H17FN4O3S. The monoisotopic (exact) mass is 436 g/mol. The number of fused-ring (bicyclic) bond motifs is 1. The van der Waals surface area contributed by atoms with E-state index in [1.165, 1.54) is 24.4 Å².